The lowest BCUT2D eigenvalue weighted by Gasteiger charge is -2.35. The molecule has 1 amide bonds. The molecule has 0 saturated carbocycles. The van der Waals surface area contributed by atoms with Crippen molar-refractivity contribution >= 4 is 16.9 Å². The molecule has 0 spiro atoms. The second-order valence-electron chi connectivity index (χ2n) is 6.46. The normalized spacial score (nSPS) is 22.8. The van der Waals surface area contributed by atoms with Gasteiger partial charge in [-0.15, -0.1) is 0 Å². The number of piperidine rings is 1. The van der Waals surface area contributed by atoms with E-state index in [2.05, 4.69) is 23.9 Å². The van der Waals surface area contributed by atoms with Gasteiger partial charge in [0.2, 0.25) is 0 Å². The lowest BCUT2D eigenvalue weighted by molar-refractivity contribution is 0.0623. The van der Waals surface area contributed by atoms with E-state index in [1.807, 2.05) is 24.9 Å². The number of likely N-dealkylation sites (tertiary alicyclic amines) is 1. The van der Waals surface area contributed by atoms with Gasteiger partial charge < -0.3 is 4.90 Å². The van der Waals surface area contributed by atoms with Crippen LogP contribution in [0.25, 0.3) is 11.0 Å². The minimum absolute atomic E-state index is 0.0889. The molecule has 1 saturated heterocycles. The Morgan fingerprint density at radius 2 is 1.95 bits per heavy atom. The molecule has 0 N–H and O–H groups in total. The molecule has 0 aromatic carbocycles. The fourth-order valence-corrected chi connectivity index (χ4v) is 3.44. The van der Waals surface area contributed by atoms with E-state index in [0.29, 0.717) is 17.4 Å². The van der Waals surface area contributed by atoms with Crippen LogP contribution < -0.4 is 0 Å². The van der Waals surface area contributed by atoms with Crippen molar-refractivity contribution in [2.75, 3.05) is 13.1 Å². The van der Waals surface area contributed by atoms with Gasteiger partial charge in [0.05, 0.1) is 11.3 Å². The molecule has 2 aromatic rings. The minimum Gasteiger partial charge on any atom is -0.338 e. The molecular weight excluding hydrogens is 264 g/mol. The Balaban J connectivity index is 1.92. The van der Waals surface area contributed by atoms with E-state index in [1.54, 1.807) is 10.9 Å². The summed E-state index contributed by atoms with van der Waals surface area (Å²) in [5.74, 6) is 1.22. The number of pyridine rings is 1. The molecule has 3 heterocycles. The van der Waals surface area contributed by atoms with Crippen molar-refractivity contribution in [2.24, 2.45) is 18.9 Å². The predicted octanol–water partition coefficient (Wildman–Crippen LogP) is 2.39. The Morgan fingerprint density at radius 1 is 1.29 bits per heavy atom. The first-order valence-corrected chi connectivity index (χ1v) is 7.54. The van der Waals surface area contributed by atoms with Crippen LogP contribution in [-0.4, -0.2) is 38.7 Å². The highest BCUT2D eigenvalue weighted by Crippen LogP contribution is 2.23. The molecule has 21 heavy (non-hydrogen) atoms. The highest BCUT2D eigenvalue weighted by Gasteiger charge is 2.26. The number of amides is 1. The number of hydrogen-bond donors (Lipinski definition) is 0. The first kappa shape index (κ1) is 14.0. The van der Waals surface area contributed by atoms with Crippen LogP contribution in [0.3, 0.4) is 0 Å². The van der Waals surface area contributed by atoms with Gasteiger partial charge in [-0.2, -0.15) is 5.10 Å². The van der Waals surface area contributed by atoms with Gasteiger partial charge in [-0.05, 0) is 31.2 Å². The lowest BCUT2D eigenvalue weighted by atomic mass is 9.91. The Hall–Kier alpha value is -1.91. The third-order valence-electron chi connectivity index (χ3n) is 4.27. The maximum absolute atomic E-state index is 12.7. The van der Waals surface area contributed by atoms with E-state index in [9.17, 15) is 4.79 Å². The van der Waals surface area contributed by atoms with Gasteiger partial charge in [-0.25, -0.2) is 4.98 Å². The van der Waals surface area contributed by atoms with Gasteiger partial charge in [-0.3, -0.25) is 9.48 Å². The number of carbonyl (C=O) groups is 1. The highest BCUT2D eigenvalue weighted by atomic mass is 16.2. The number of aryl methyl sites for hydroxylation is 2. The van der Waals surface area contributed by atoms with Crippen LogP contribution in [0.15, 0.2) is 12.3 Å². The van der Waals surface area contributed by atoms with Gasteiger partial charge in [0.25, 0.3) is 5.91 Å². The second-order valence-corrected chi connectivity index (χ2v) is 6.46. The Labute approximate surface area is 125 Å². The monoisotopic (exact) mass is 286 g/mol. The van der Waals surface area contributed by atoms with E-state index in [1.165, 1.54) is 6.42 Å². The number of fused-ring (bicyclic) bond motifs is 1. The molecule has 5 nitrogen and oxygen atoms in total. The fraction of sp³-hybridized carbons (Fsp3) is 0.562. The van der Waals surface area contributed by atoms with Crippen LogP contribution in [0, 0.1) is 18.8 Å². The third-order valence-corrected chi connectivity index (χ3v) is 4.27. The topological polar surface area (TPSA) is 51.0 Å². The number of hydrogen-bond acceptors (Lipinski definition) is 3. The highest BCUT2D eigenvalue weighted by molar-refractivity contribution is 5.97. The SMILES string of the molecule is Cc1nn(C)c2ncc(C(=O)N3CC(C)CC(C)C3)cc12. The van der Waals surface area contributed by atoms with E-state index >= 15 is 0 Å². The molecule has 1 aliphatic heterocycles. The molecule has 1 aliphatic rings. The van der Waals surface area contributed by atoms with Crippen molar-refractivity contribution in [1.29, 1.82) is 0 Å². The molecule has 2 aromatic heterocycles. The summed E-state index contributed by atoms with van der Waals surface area (Å²) in [5.41, 5.74) is 2.40. The van der Waals surface area contributed by atoms with Crippen LogP contribution in [0.2, 0.25) is 0 Å². The van der Waals surface area contributed by atoms with Gasteiger partial charge in [-0.1, -0.05) is 13.8 Å². The summed E-state index contributed by atoms with van der Waals surface area (Å²) in [4.78, 5) is 19.1. The van der Waals surface area contributed by atoms with Gasteiger partial charge in [0, 0.05) is 31.7 Å². The maximum Gasteiger partial charge on any atom is 0.255 e. The summed E-state index contributed by atoms with van der Waals surface area (Å²) < 4.78 is 1.75. The average molecular weight is 286 g/mol. The lowest BCUT2D eigenvalue weighted by Crippen LogP contribution is -2.42. The maximum atomic E-state index is 12.7. The first-order valence-electron chi connectivity index (χ1n) is 7.54. The van der Waals surface area contributed by atoms with Crippen LogP contribution in [0.4, 0.5) is 0 Å². The van der Waals surface area contributed by atoms with Crippen LogP contribution >= 0.6 is 0 Å². The molecule has 5 heteroatoms. The smallest absolute Gasteiger partial charge is 0.255 e. The molecule has 0 bridgehead atoms. The van der Waals surface area contributed by atoms with Crippen molar-refractivity contribution < 1.29 is 4.79 Å². The summed E-state index contributed by atoms with van der Waals surface area (Å²) in [6.07, 6.45) is 2.87. The van der Waals surface area contributed by atoms with Crippen molar-refractivity contribution in [2.45, 2.75) is 27.2 Å². The molecule has 2 unspecified atom stereocenters. The molecule has 1 fully saturated rings. The molecule has 3 rings (SSSR count). The third kappa shape index (κ3) is 2.52. The second kappa shape index (κ2) is 5.13. The van der Waals surface area contributed by atoms with Crippen molar-refractivity contribution in [1.82, 2.24) is 19.7 Å². The standard InChI is InChI=1S/C16H22N4O/c1-10-5-11(2)9-20(8-10)16(21)13-6-14-12(3)18-19(4)15(14)17-7-13/h6-7,10-11H,5,8-9H2,1-4H3. The molecule has 112 valence electrons. The summed E-state index contributed by atoms with van der Waals surface area (Å²) in [7, 11) is 1.87. The molecule has 0 aliphatic carbocycles. The van der Waals surface area contributed by atoms with Crippen LogP contribution in [-0.2, 0) is 7.05 Å². The van der Waals surface area contributed by atoms with E-state index in [4.69, 9.17) is 0 Å². The van der Waals surface area contributed by atoms with Crippen molar-refractivity contribution in [3.8, 4) is 0 Å². The van der Waals surface area contributed by atoms with Gasteiger partial charge in [0.15, 0.2) is 5.65 Å². The van der Waals surface area contributed by atoms with Gasteiger partial charge in [0.1, 0.15) is 0 Å². The van der Waals surface area contributed by atoms with Crippen LogP contribution in [0.5, 0.6) is 0 Å². The zero-order chi connectivity index (χ0) is 15.1. The zero-order valence-electron chi connectivity index (χ0n) is 13.1. The number of carbonyl (C=O) groups excluding carboxylic acids is 1. The van der Waals surface area contributed by atoms with Crippen LogP contribution in [0.1, 0.15) is 36.3 Å². The Kier molecular flexibility index (Phi) is 3.43. The van der Waals surface area contributed by atoms with Crippen molar-refractivity contribution in [3.05, 3.63) is 23.5 Å². The molecule has 0 radical (unpaired) electrons. The van der Waals surface area contributed by atoms with Gasteiger partial charge >= 0.3 is 0 Å². The van der Waals surface area contributed by atoms with E-state index < -0.39 is 0 Å². The summed E-state index contributed by atoms with van der Waals surface area (Å²) in [5, 5.41) is 5.32. The largest absolute Gasteiger partial charge is 0.338 e. The summed E-state index contributed by atoms with van der Waals surface area (Å²) in [6, 6.07) is 1.93. The Morgan fingerprint density at radius 3 is 2.62 bits per heavy atom. The Bertz CT molecular complexity index is 681. The van der Waals surface area contributed by atoms with Crippen molar-refractivity contribution in [3.63, 3.8) is 0 Å². The van der Waals surface area contributed by atoms with E-state index in [0.717, 1.165) is 29.8 Å². The molecular formula is C16H22N4O. The predicted molar refractivity (Wildman–Crippen MR) is 82.1 cm³/mol. The molecule has 2 atom stereocenters. The minimum atomic E-state index is 0.0889. The number of aromatic nitrogens is 3. The first-order chi connectivity index (χ1) is 9.95. The average Bonchev–Trinajstić information content (AvgIpc) is 2.72. The zero-order valence-corrected chi connectivity index (χ0v) is 13.1. The summed E-state index contributed by atoms with van der Waals surface area (Å²) >= 11 is 0. The fourth-order valence-electron chi connectivity index (χ4n) is 3.44. The quantitative estimate of drug-likeness (QED) is 0.809. The number of rotatable bonds is 1. The number of nitrogens with zero attached hydrogens (tertiary/aromatic N) is 4. The summed E-state index contributed by atoms with van der Waals surface area (Å²) in [6.45, 7) is 8.05. The van der Waals surface area contributed by atoms with E-state index in [-0.39, 0.29) is 5.91 Å².